The van der Waals surface area contributed by atoms with Gasteiger partial charge in [-0.1, -0.05) is 37.3 Å². The summed E-state index contributed by atoms with van der Waals surface area (Å²) in [7, 11) is -2.97. The monoisotopic (exact) mass is 439 g/mol. The van der Waals surface area contributed by atoms with Crippen LogP contribution in [0.25, 0.3) is 0 Å². The summed E-state index contributed by atoms with van der Waals surface area (Å²) in [6.07, 6.45) is 0. The summed E-state index contributed by atoms with van der Waals surface area (Å²) in [4.78, 5) is 4.33. The predicted octanol–water partition coefficient (Wildman–Crippen LogP) is 2.36. The minimum Gasteiger partial charge on any atom is -0.357 e. The fourth-order valence-electron chi connectivity index (χ4n) is 1.79. The second-order valence-electron chi connectivity index (χ2n) is 4.77. The lowest BCUT2D eigenvalue weighted by molar-refractivity contribution is 0.597. The van der Waals surface area contributed by atoms with Crippen LogP contribution >= 0.6 is 24.0 Å². The Morgan fingerprint density at radius 3 is 2.41 bits per heavy atom. The maximum absolute atomic E-state index is 11.5. The van der Waals surface area contributed by atoms with E-state index in [0.717, 1.165) is 12.1 Å². The molecule has 1 unspecified atom stereocenters. The van der Waals surface area contributed by atoms with E-state index in [4.69, 9.17) is 0 Å². The molecule has 1 rings (SSSR count). The summed E-state index contributed by atoms with van der Waals surface area (Å²) < 4.78 is 22.9. The zero-order valence-electron chi connectivity index (χ0n) is 13.4. The summed E-state index contributed by atoms with van der Waals surface area (Å²) in [5.74, 6) is 0.882. The third-order valence-corrected chi connectivity index (χ3v) is 4.79. The van der Waals surface area contributed by atoms with E-state index in [-0.39, 0.29) is 48.1 Å². The highest BCUT2D eigenvalue weighted by atomic mass is 127. The Morgan fingerprint density at radius 2 is 1.86 bits per heavy atom. The van der Waals surface area contributed by atoms with Gasteiger partial charge >= 0.3 is 0 Å². The molecule has 0 heterocycles. The van der Waals surface area contributed by atoms with Gasteiger partial charge in [0.05, 0.1) is 18.3 Å². The van der Waals surface area contributed by atoms with Gasteiger partial charge in [0.15, 0.2) is 15.8 Å². The van der Waals surface area contributed by atoms with Gasteiger partial charge in [0.1, 0.15) is 0 Å². The van der Waals surface area contributed by atoms with Crippen LogP contribution in [0.5, 0.6) is 0 Å². The molecule has 0 aliphatic rings. The molecule has 1 atom stereocenters. The van der Waals surface area contributed by atoms with Crippen LogP contribution in [0.15, 0.2) is 35.3 Å². The van der Waals surface area contributed by atoms with E-state index in [0.29, 0.717) is 5.96 Å². The molecule has 0 aliphatic heterocycles. The molecule has 126 valence electrons. The van der Waals surface area contributed by atoms with E-state index in [2.05, 4.69) is 15.6 Å². The lowest BCUT2D eigenvalue weighted by atomic mass is 10.1. The number of halogens is 1. The maximum Gasteiger partial charge on any atom is 0.191 e. The highest BCUT2D eigenvalue weighted by Crippen LogP contribution is 2.10. The highest BCUT2D eigenvalue weighted by molar-refractivity contribution is 14.0. The van der Waals surface area contributed by atoms with E-state index in [1.54, 1.807) is 6.92 Å². The number of aliphatic imine (C=N–C) groups is 1. The molecule has 0 fully saturated rings. The van der Waals surface area contributed by atoms with Crippen LogP contribution in [0.2, 0.25) is 0 Å². The van der Waals surface area contributed by atoms with Crippen molar-refractivity contribution in [3.8, 4) is 0 Å². The molecule has 22 heavy (non-hydrogen) atoms. The minimum absolute atomic E-state index is 0. The Balaban J connectivity index is 0.00000441. The number of guanidine groups is 1. The highest BCUT2D eigenvalue weighted by Gasteiger charge is 2.09. The molecule has 1 aromatic carbocycles. The smallest absolute Gasteiger partial charge is 0.191 e. The van der Waals surface area contributed by atoms with Gasteiger partial charge in [-0.15, -0.1) is 24.0 Å². The van der Waals surface area contributed by atoms with Crippen molar-refractivity contribution in [2.24, 2.45) is 4.99 Å². The number of sulfone groups is 1. The topological polar surface area (TPSA) is 70.6 Å². The van der Waals surface area contributed by atoms with Crippen molar-refractivity contribution >= 4 is 39.8 Å². The van der Waals surface area contributed by atoms with Crippen molar-refractivity contribution in [1.82, 2.24) is 10.6 Å². The Labute approximate surface area is 150 Å². The number of rotatable bonds is 7. The molecule has 1 aromatic rings. The molecule has 5 nitrogen and oxygen atoms in total. The first kappa shape index (κ1) is 21.2. The van der Waals surface area contributed by atoms with Crippen LogP contribution in [0.4, 0.5) is 0 Å². The average molecular weight is 439 g/mol. The Hall–Kier alpha value is -0.830. The predicted molar refractivity (Wildman–Crippen MR) is 104 cm³/mol. The van der Waals surface area contributed by atoms with E-state index in [1.807, 2.05) is 44.2 Å². The van der Waals surface area contributed by atoms with Crippen LogP contribution in [0.1, 0.15) is 32.4 Å². The van der Waals surface area contributed by atoms with Crippen LogP contribution in [0.3, 0.4) is 0 Å². The third kappa shape index (κ3) is 7.98. The first-order valence-corrected chi connectivity index (χ1v) is 9.11. The molecule has 7 heteroatoms. The molecule has 0 spiro atoms. The molecular formula is C15H26IN3O2S. The summed E-state index contributed by atoms with van der Waals surface area (Å²) in [5.41, 5.74) is 1.16. The maximum atomic E-state index is 11.5. The molecule has 0 amide bonds. The number of nitrogens with zero attached hydrogens (tertiary/aromatic N) is 1. The molecule has 0 aromatic heterocycles. The van der Waals surface area contributed by atoms with E-state index < -0.39 is 9.84 Å². The largest absolute Gasteiger partial charge is 0.357 e. The molecule has 0 bridgehead atoms. The standard InChI is InChI=1S/C15H25N3O2S.HI/c1-4-16-15(17-11-12-21(19,20)5-2)18-13(3)14-9-7-6-8-10-14;/h6-10,13H,4-5,11-12H2,1-3H3,(H2,16,17,18);1H. The SMILES string of the molecule is CCNC(=NCCS(=O)(=O)CC)NC(C)c1ccccc1.I. The summed E-state index contributed by atoms with van der Waals surface area (Å²) >= 11 is 0. The lowest BCUT2D eigenvalue weighted by Crippen LogP contribution is -2.39. The lowest BCUT2D eigenvalue weighted by Gasteiger charge is -2.18. The summed E-state index contributed by atoms with van der Waals surface area (Å²) in [5, 5.41) is 6.41. The van der Waals surface area contributed by atoms with Gasteiger partial charge < -0.3 is 10.6 Å². The third-order valence-electron chi connectivity index (χ3n) is 3.11. The van der Waals surface area contributed by atoms with E-state index in [1.165, 1.54) is 0 Å². The van der Waals surface area contributed by atoms with Gasteiger partial charge in [-0.2, -0.15) is 0 Å². The summed E-state index contributed by atoms with van der Waals surface area (Å²) in [6, 6.07) is 10.2. The molecule has 0 aliphatic carbocycles. The van der Waals surface area contributed by atoms with Crippen molar-refractivity contribution in [3.63, 3.8) is 0 Å². The quantitative estimate of drug-likeness (QED) is 0.389. The van der Waals surface area contributed by atoms with Crippen molar-refractivity contribution in [2.75, 3.05) is 24.6 Å². The number of hydrogen-bond donors (Lipinski definition) is 2. The van der Waals surface area contributed by atoms with Crippen molar-refractivity contribution < 1.29 is 8.42 Å². The number of hydrogen-bond acceptors (Lipinski definition) is 3. The van der Waals surface area contributed by atoms with Crippen molar-refractivity contribution in [3.05, 3.63) is 35.9 Å². The normalized spacial score (nSPS) is 13.1. The Kier molecular flexibility index (Phi) is 10.4. The van der Waals surface area contributed by atoms with Crippen LogP contribution in [-0.2, 0) is 9.84 Å². The molecule has 0 saturated carbocycles. The first-order valence-electron chi connectivity index (χ1n) is 7.28. The average Bonchev–Trinajstić information content (AvgIpc) is 2.48. The van der Waals surface area contributed by atoms with Crippen molar-refractivity contribution in [2.45, 2.75) is 26.8 Å². The second-order valence-corrected chi connectivity index (χ2v) is 7.25. The van der Waals surface area contributed by atoms with Crippen LogP contribution in [-0.4, -0.2) is 39.0 Å². The minimum atomic E-state index is -2.97. The number of benzene rings is 1. The Bertz CT molecular complexity index is 547. The van der Waals surface area contributed by atoms with Crippen LogP contribution < -0.4 is 10.6 Å². The van der Waals surface area contributed by atoms with Gasteiger partial charge in [-0.25, -0.2) is 8.42 Å². The van der Waals surface area contributed by atoms with E-state index in [9.17, 15) is 8.42 Å². The Morgan fingerprint density at radius 1 is 1.23 bits per heavy atom. The van der Waals surface area contributed by atoms with Gasteiger partial charge in [-0.3, -0.25) is 4.99 Å². The van der Waals surface area contributed by atoms with Gasteiger partial charge in [0, 0.05) is 12.3 Å². The molecule has 2 N–H and O–H groups in total. The second kappa shape index (κ2) is 10.8. The van der Waals surface area contributed by atoms with Crippen LogP contribution in [0, 0.1) is 0 Å². The van der Waals surface area contributed by atoms with Gasteiger partial charge in [-0.05, 0) is 19.4 Å². The fourth-order valence-corrected chi connectivity index (χ4v) is 2.45. The molecule has 0 radical (unpaired) electrons. The first-order chi connectivity index (χ1) is 9.98. The number of nitrogens with one attached hydrogen (secondary N) is 2. The van der Waals surface area contributed by atoms with E-state index >= 15 is 0 Å². The van der Waals surface area contributed by atoms with Gasteiger partial charge in [0.2, 0.25) is 0 Å². The molecule has 0 saturated heterocycles. The fraction of sp³-hybridized carbons (Fsp3) is 0.533. The van der Waals surface area contributed by atoms with Gasteiger partial charge in [0.25, 0.3) is 0 Å². The zero-order valence-corrected chi connectivity index (χ0v) is 16.5. The molecular weight excluding hydrogens is 413 g/mol. The zero-order chi connectivity index (χ0) is 15.7. The van der Waals surface area contributed by atoms with Crippen molar-refractivity contribution in [1.29, 1.82) is 0 Å². The summed E-state index contributed by atoms with van der Waals surface area (Å²) in [6.45, 7) is 6.68.